The van der Waals surface area contributed by atoms with E-state index < -0.39 is 27.0 Å². The lowest BCUT2D eigenvalue weighted by Crippen LogP contribution is -2.34. The smallest absolute Gasteiger partial charge is 0.208 e. The number of aliphatic hydroxyl groups excluding tert-OH is 1. The van der Waals surface area contributed by atoms with Crippen LogP contribution < -0.4 is 0 Å². The SMILES string of the molecule is CC(O)C(=O)C(C#N)S(C)(=O)=O. The van der Waals surface area contributed by atoms with Gasteiger partial charge in [-0.3, -0.25) is 4.79 Å². The molecule has 12 heavy (non-hydrogen) atoms. The van der Waals surface area contributed by atoms with Crippen LogP contribution in [0.25, 0.3) is 0 Å². The molecule has 2 atom stereocenters. The summed E-state index contributed by atoms with van der Waals surface area (Å²) in [5, 5.41) is 15.3. The monoisotopic (exact) mass is 191 g/mol. The van der Waals surface area contributed by atoms with Crippen molar-refractivity contribution in [2.75, 3.05) is 6.26 Å². The summed E-state index contributed by atoms with van der Waals surface area (Å²) in [5.41, 5.74) is 0. The molecule has 0 fully saturated rings. The molecule has 0 heterocycles. The van der Waals surface area contributed by atoms with E-state index in [1.54, 1.807) is 0 Å². The van der Waals surface area contributed by atoms with Gasteiger partial charge in [0, 0.05) is 6.26 Å². The number of Topliss-reactive ketones (excluding diaryl/α,β-unsaturated/α-hetero) is 1. The molecule has 0 aliphatic rings. The molecule has 0 aromatic carbocycles. The van der Waals surface area contributed by atoms with Crippen molar-refractivity contribution in [3.8, 4) is 6.07 Å². The van der Waals surface area contributed by atoms with E-state index in [0.717, 1.165) is 13.2 Å². The van der Waals surface area contributed by atoms with Crippen molar-refractivity contribution >= 4 is 15.6 Å². The Kier molecular flexibility index (Phi) is 3.36. The van der Waals surface area contributed by atoms with Crippen LogP contribution in [0.5, 0.6) is 0 Å². The van der Waals surface area contributed by atoms with Crippen LogP contribution in [0, 0.1) is 11.3 Å². The molecule has 0 aromatic heterocycles. The first-order chi connectivity index (χ1) is 5.30. The molecule has 6 heteroatoms. The molecule has 0 saturated carbocycles. The van der Waals surface area contributed by atoms with E-state index in [-0.39, 0.29) is 0 Å². The van der Waals surface area contributed by atoms with Crippen molar-refractivity contribution in [3.05, 3.63) is 0 Å². The zero-order valence-corrected chi connectivity index (χ0v) is 7.50. The van der Waals surface area contributed by atoms with E-state index in [2.05, 4.69) is 0 Å². The summed E-state index contributed by atoms with van der Waals surface area (Å²) in [6, 6.07) is 1.33. The van der Waals surface area contributed by atoms with Crippen LogP contribution >= 0.6 is 0 Å². The predicted molar refractivity (Wildman–Crippen MR) is 40.9 cm³/mol. The number of aliphatic hydroxyl groups is 1. The number of ketones is 1. The predicted octanol–water partition coefficient (Wildman–Crippen LogP) is -1.13. The Hall–Kier alpha value is -0.930. The number of rotatable bonds is 3. The maximum absolute atomic E-state index is 10.9. The van der Waals surface area contributed by atoms with E-state index in [1.165, 1.54) is 6.07 Å². The highest BCUT2D eigenvalue weighted by molar-refractivity contribution is 7.92. The molecule has 5 nitrogen and oxygen atoms in total. The summed E-state index contributed by atoms with van der Waals surface area (Å²) in [4.78, 5) is 10.9. The van der Waals surface area contributed by atoms with Gasteiger partial charge < -0.3 is 5.11 Å². The van der Waals surface area contributed by atoms with Gasteiger partial charge in [-0.15, -0.1) is 0 Å². The number of carbonyl (C=O) groups excluding carboxylic acids is 1. The standard InChI is InChI=1S/C6H9NO4S/c1-4(8)6(9)5(3-7)12(2,10)11/h4-5,8H,1-2H3. The molecular formula is C6H9NO4S. The molecule has 2 unspecified atom stereocenters. The summed E-state index contributed by atoms with van der Waals surface area (Å²) in [5.74, 6) is -0.986. The van der Waals surface area contributed by atoms with Crippen molar-refractivity contribution in [2.45, 2.75) is 18.3 Å². The van der Waals surface area contributed by atoms with E-state index in [9.17, 15) is 13.2 Å². The summed E-state index contributed by atoms with van der Waals surface area (Å²) in [6.07, 6.45) is -0.648. The quantitative estimate of drug-likeness (QED) is 0.609. The van der Waals surface area contributed by atoms with Crippen molar-refractivity contribution in [1.29, 1.82) is 5.26 Å². The molecule has 0 radical (unpaired) electrons. The number of hydrogen-bond donors (Lipinski definition) is 1. The summed E-state index contributed by atoms with van der Waals surface area (Å²) < 4.78 is 21.5. The first-order valence-electron chi connectivity index (χ1n) is 3.11. The molecular weight excluding hydrogens is 182 g/mol. The lowest BCUT2D eigenvalue weighted by molar-refractivity contribution is -0.124. The Balaban J connectivity index is 4.88. The second-order valence-corrected chi connectivity index (χ2v) is 4.55. The Morgan fingerprint density at radius 2 is 2.00 bits per heavy atom. The Labute approximate surface area is 70.5 Å². The van der Waals surface area contributed by atoms with Gasteiger partial charge in [0.2, 0.25) is 5.25 Å². The normalized spacial score (nSPS) is 16.2. The average Bonchev–Trinajstić information content (AvgIpc) is 1.85. The van der Waals surface area contributed by atoms with E-state index in [1.807, 2.05) is 0 Å². The van der Waals surface area contributed by atoms with Crippen molar-refractivity contribution in [3.63, 3.8) is 0 Å². The van der Waals surface area contributed by atoms with Crippen LogP contribution in [0.2, 0.25) is 0 Å². The number of sulfone groups is 1. The third-order valence-electron chi connectivity index (χ3n) is 1.22. The van der Waals surface area contributed by atoms with Gasteiger partial charge in [0.05, 0.1) is 6.07 Å². The number of nitrogens with zero attached hydrogens (tertiary/aromatic N) is 1. The van der Waals surface area contributed by atoms with Gasteiger partial charge >= 0.3 is 0 Å². The zero-order valence-electron chi connectivity index (χ0n) is 6.68. The van der Waals surface area contributed by atoms with E-state index in [4.69, 9.17) is 10.4 Å². The Morgan fingerprint density at radius 3 is 2.08 bits per heavy atom. The van der Waals surface area contributed by atoms with E-state index in [0.29, 0.717) is 0 Å². The molecule has 0 aliphatic heterocycles. The number of nitriles is 1. The number of carbonyl (C=O) groups is 1. The highest BCUT2D eigenvalue weighted by Gasteiger charge is 2.31. The summed E-state index contributed by atoms with van der Waals surface area (Å²) in [6.45, 7) is 1.12. The average molecular weight is 191 g/mol. The fourth-order valence-electron chi connectivity index (χ4n) is 0.589. The maximum Gasteiger partial charge on any atom is 0.208 e. The summed E-state index contributed by atoms with van der Waals surface area (Å²) in [7, 11) is -3.73. The topological polar surface area (TPSA) is 95.2 Å². The van der Waals surface area contributed by atoms with Gasteiger partial charge in [0.25, 0.3) is 0 Å². The largest absolute Gasteiger partial charge is 0.386 e. The molecule has 0 saturated heterocycles. The van der Waals surface area contributed by atoms with Crippen molar-refractivity contribution in [2.24, 2.45) is 0 Å². The van der Waals surface area contributed by atoms with Gasteiger partial charge in [0.15, 0.2) is 15.6 Å². The lowest BCUT2D eigenvalue weighted by Gasteiger charge is -2.06. The molecule has 0 rings (SSSR count). The van der Waals surface area contributed by atoms with Crippen LogP contribution in [0.1, 0.15) is 6.92 Å². The minimum Gasteiger partial charge on any atom is -0.386 e. The third-order valence-corrected chi connectivity index (χ3v) is 2.41. The molecule has 0 aromatic rings. The van der Waals surface area contributed by atoms with Crippen LogP contribution in [0.15, 0.2) is 0 Å². The second kappa shape index (κ2) is 3.65. The molecule has 1 N–H and O–H groups in total. The first-order valence-corrected chi connectivity index (χ1v) is 5.06. The minimum absolute atomic E-state index is 0.779. The summed E-state index contributed by atoms with van der Waals surface area (Å²) >= 11 is 0. The Bertz CT molecular complexity index is 311. The fourth-order valence-corrected chi connectivity index (χ4v) is 1.40. The molecule has 68 valence electrons. The first kappa shape index (κ1) is 11.1. The van der Waals surface area contributed by atoms with E-state index >= 15 is 0 Å². The van der Waals surface area contributed by atoms with Crippen molar-refractivity contribution < 1.29 is 18.3 Å². The molecule has 0 bridgehead atoms. The van der Waals surface area contributed by atoms with Gasteiger partial charge in [-0.2, -0.15) is 5.26 Å². The lowest BCUT2D eigenvalue weighted by atomic mass is 10.2. The van der Waals surface area contributed by atoms with Gasteiger partial charge in [-0.1, -0.05) is 0 Å². The van der Waals surface area contributed by atoms with Gasteiger partial charge in [0.1, 0.15) is 6.10 Å². The molecule has 0 spiro atoms. The Morgan fingerprint density at radius 1 is 1.58 bits per heavy atom. The van der Waals surface area contributed by atoms with Crippen LogP contribution in [-0.2, 0) is 14.6 Å². The molecule has 0 amide bonds. The van der Waals surface area contributed by atoms with Crippen LogP contribution in [0.4, 0.5) is 0 Å². The van der Waals surface area contributed by atoms with Crippen LogP contribution in [-0.4, -0.2) is 36.9 Å². The maximum atomic E-state index is 10.9. The molecule has 0 aliphatic carbocycles. The number of hydrogen-bond acceptors (Lipinski definition) is 5. The third kappa shape index (κ3) is 2.60. The zero-order chi connectivity index (χ0) is 9.94. The van der Waals surface area contributed by atoms with Gasteiger partial charge in [-0.25, -0.2) is 8.42 Å². The second-order valence-electron chi connectivity index (χ2n) is 2.42. The van der Waals surface area contributed by atoms with Crippen LogP contribution in [0.3, 0.4) is 0 Å². The fraction of sp³-hybridized carbons (Fsp3) is 0.667. The highest BCUT2D eigenvalue weighted by atomic mass is 32.2. The highest BCUT2D eigenvalue weighted by Crippen LogP contribution is 2.02. The van der Waals surface area contributed by atoms with Crippen molar-refractivity contribution in [1.82, 2.24) is 0 Å². The minimum atomic E-state index is -3.73. The van der Waals surface area contributed by atoms with Gasteiger partial charge in [-0.05, 0) is 6.92 Å².